The highest BCUT2D eigenvalue weighted by molar-refractivity contribution is 5.84. The summed E-state index contributed by atoms with van der Waals surface area (Å²) in [6, 6.07) is 0. The zero-order chi connectivity index (χ0) is 13.8. The van der Waals surface area contributed by atoms with Crippen molar-refractivity contribution in [1.82, 2.24) is 14.9 Å². The first-order valence-electron chi connectivity index (χ1n) is 6.38. The molecule has 0 aliphatic rings. The van der Waals surface area contributed by atoms with Crippen molar-refractivity contribution in [2.24, 2.45) is 5.73 Å². The average Bonchev–Trinajstić information content (AvgIpc) is 2.65. The molecule has 102 valence electrons. The fourth-order valence-electron chi connectivity index (χ4n) is 1.90. The summed E-state index contributed by atoms with van der Waals surface area (Å²) in [4.78, 5) is 15.6. The van der Waals surface area contributed by atoms with Crippen LogP contribution in [0.1, 0.15) is 37.6 Å². The lowest BCUT2D eigenvalue weighted by Gasteiger charge is -2.25. The van der Waals surface area contributed by atoms with Gasteiger partial charge in [0.2, 0.25) is 5.91 Å². The predicted octanol–water partition coefficient (Wildman–Crippen LogP) is 1.13. The van der Waals surface area contributed by atoms with Crippen molar-refractivity contribution in [2.75, 3.05) is 7.05 Å². The Morgan fingerprint density at radius 1 is 1.50 bits per heavy atom. The van der Waals surface area contributed by atoms with Crippen LogP contribution in [-0.2, 0) is 11.3 Å². The molecule has 1 heterocycles. The number of unbranched alkanes of at least 4 members (excludes halogenated alkanes) is 1. The molecule has 0 saturated carbocycles. The fraction of sp³-hybridized carbons (Fsp3) is 0.692. The number of nitrogens with zero attached hydrogens (tertiary/aromatic N) is 2. The second-order valence-electron chi connectivity index (χ2n) is 5.01. The third-order valence-electron chi connectivity index (χ3n) is 3.77. The van der Waals surface area contributed by atoms with E-state index in [1.54, 1.807) is 7.05 Å². The van der Waals surface area contributed by atoms with Gasteiger partial charge in [0, 0.05) is 12.2 Å². The molecule has 1 atom stereocenters. The number of likely N-dealkylation sites (N-methyl/N-ethyl adjacent to an activating group) is 1. The summed E-state index contributed by atoms with van der Waals surface area (Å²) < 4.78 is 2.15. The Morgan fingerprint density at radius 3 is 2.61 bits per heavy atom. The summed E-state index contributed by atoms with van der Waals surface area (Å²) in [5.41, 5.74) is 7.07. The first-order chi connectivity index (χ1) is 8.40. The molecule has 0 fully saturated rings. The van der Waals surface area contributed by atoms with Crippen molar-refractivity contribution in [3.05, 3.63) is 17.7 Å². The molecule has 0 radical (unpaired) electrons. The van der Waals surface area contributed by atoms with E-state index in [-0.39, 0.29) is 5.91 Å². The fourth-order valence-corrected chi connectivity index (χ4v) is 1.90. The maximum atomic E-state index is 11.3. The van der Waals surface area contributed by atoms with E-state index in [0.717, 1.165) is 31.5 Å². The molecular formula is C13H24N4O. The maximum Gasteiger partial charge on any atom is 0.237 e. The molecule has 0 spiro atoms. The Kier molecular flexibility index (Phi) is 4.90. The summed E-state index contributed by atoms with van der Waals surface area (Å²) in [5.74, 6) is -0.292. The Balaban J connectivity index is 2.39. The zero-order valence-corrected chi connectivity index (χ0v) is 11.8. The first-order valence-corrected chi connectivity index (χ1v) is 6.38. The smallest absolute Gasteiger partial charge is 0.237 e. The molecule has 1 aromatic heterocycles. The molecule has 0 saturated heterocycles. The number of nitrogens with one attached hydrogen (secondary N) is 1. The Labute approximate surface area is 109 Å². The van der Waals surface area contributed by atoms with Crippen molar-refractivity contribution in [1.29, 1.82) is 0 Å². The molecule has 0 aromatic carbocycles. The van der Waals surface area contributed by atoms with Gasteiger partial charge in [-0.1, -0.05) is 0 Å². The summed E-state index contributed by atoms with van der Waals surface area (Å²) in [6.45, 7) is 6.87. The van der Waals surface area contributed by atoms with Gasteiger partial charge in [-0.25, -0.2) is 4.98 Å². The van der Waals surface area contributed by atoms with Gasteiger partial charge < -0.3 is 15.6 Å². The van der Waals surface area contributed by atoms with Gasteiger partial charge in [-0.15, -0.1) is 0 Å². The van der Waals surface area contributed by atoms with Crippen LogP contribution >= 0.6 is 0 Å². The van der Waals surface area contributed by atoms with Crippen LogP contribution in [0.4, 0.5) is 0 Å². The maximum absolute atomic E-state index is 11.3. The molecule has 1 amide bonds. The van der Waals surface area contributed by atoms with Crippen molar-refractivity contribution in [3.8, 4) is 0 Å². The van der Waals surface area contributed by atoms with E-state index < -0.39 is 5.54 Å². The van der Waals surface area contributed by atoms with Crippen molar-refractivity contribution >= 4 is 5.91 Å². The van der Waals surface area contributed by atoms with Gasteiger partial charge in [-0.2, -0.15) is 0 Å². The number of aromatic nitrogens is 2. The lowest BCUT2D eigenvalue weighted by molar-refractivity contribution is -0.123. The normalized spacial score (nSPS) is 14.4. The topological polar surface area (TPSA) is 72.9 Å². The molecule has 18 heavy (non-hydrogen) atoms. The van der Waals surface area contributed by atoms with Gasteiger partial charge in [0.25, 0.3) is 0 Å². The van der Waals surface area contributed by atoms with E-state index in [4.69, 9.17) is 5.73 Å². The zero-order valence-electron chi connectivity index (χ0n) is 11.8. The van der Waals surface area contributed by atoms with E-state index in [9.17, 15) is 4.79 Å². The van der Waals surface area contributed by atoms with Gasteiger partial charge in [0.05, 0.1) is 17.6 Å². The summed E-state index contributed by atoms with van der Waals surface area (Å²) in [5, 5.41) is 3.00. The second kappa shape index (κ2) is 6.00. The number of primary amides is 1. The minimum atomic E-state index is -0.597. The van der Waals surface area contributed by atoms with E-state index >= 15 is 0 Å². The number of carbonyl (C=O) groups is 1. The van der Waals surface area contributed by atoms with Crippen molar-refractivity contribution < 1.29 is 4.79 Å². The van der Waals surface area contributed by atoms with E-state index in [0.29, 0.717) is 0 Å². The van der Waals surface area contributed by atoms with Crippen molar-refractivity contribution in [3.63, 3.8) is 0 Å². The van der Waals surface area contributed by atoms with Gasteiger partial charge in [0.15, 0.2) is 0 Å². The van der Waals surface area contributed by atoms with Crippen LogP contribution in [0.2, 0.25) is 0 Å². The standard InChI is InChI=1S/C13H24N4O/c1-10-11(2)17(9-16-10)8-6-5-7-13(3,15-4)12(14)18/h9,15H,5-8H2,1-4H3,(H2,14,18). The lowest BCUT2D eigenvalue weighted by Crippen LogP contribution is -2.51. The van der Waals surface area contributed by atoms with Crippen LogP contribution in [0, 0.1) is 13.8 Å². The minimum Gasteiger partial charge on any atom is -0.368 e. The Bertz CT molecular complexity index is 413. The minimum absolute atomic E-state index is 0.292. The van der Waals surface area contributed by atoms with Crippen molar-refractivity contribution in [2.45, 2.75) is 52.1 Å². The van der Waals surface area contributed by atoms with Gasteiger partial charge in [-0.3, -0.25) is 4.79 Å². The van der Waals surface area contributed by atoms with Gasteiger partial charge >= 0.3 is 0 Å². The first kappa shape index (κ1) is 14.7. The molecule has 5 heteroatoms. The summed E-state index contributed by atoms with van der Waals surface area (Å²) >= 11 is 0. The molecule has 1 unspecified atom stereocenters. The number of hydrogen-bond acceptors (Lipinski definition) is 3. The third-order valence-corrected chi connectivity index (χ3v) is 3.77. The van der Waals surface area contributed by atoms with Gasteiger partial charge in [0.1, 0.15) is 0 Å². The lowest BCUT2D eigenvalue weighted by atomic mass is 9.94. The SMILES string of the molecule is CNC(C)(CCCCn1cnc(C)c1C)C(N)=O. The summed E-state index contributed by atoms with van der Waals surface area (Å²) in [7, 11) is 1.77. The largest absolute Gasteiger partial charge is 0.368 e. The van der Waals surface area contributed by atoms with Crippen LogP contribution in [-0.4, -0.2) is 28.0 Å². The highest BCUT2D eigenvalue weighted by Crippen LogP contribution is 2.14. The molecule has 0 bridgehead atoms. The Morgan fingerprint density at radius 2 is 2.17 bits per heavy atom. The van der Waals surface area contributed by atoms with E-state index in [2.05, 4.69) is 21.8 Å². The highest BCUT2D eigenvalue weighted by atomic mass is 16.1. The number of carbonyl (C=O) groups excluding carboxylic acids is 1. The molecular weight excluding hydrogens is 228 g/mol. The molecule has 0 aliphatic heterocycles. The van der Waals surface area contributed by atoms with Gasteiger partial charge in [-0.05, 0) is 47.1 Å². The average molecular weight is 252 g/mol. The molecule has 1 rings (SSSR count). The molecule has 5 nitrogen and oxygen atoms in total. The Hall–Kier alpha value is -1.36. The predicted molar refractivity (Wildman–Crippen MR) is 72.2 cm³/mol. The van der Waals surface area contributed by atoms with Crippen LogP contribution in [0.5, 0.6) is 0 Å². The molecule has 1 aromatic rings. The van der Waals surface area contributed by atoms with E-state index in [1.165, 1.54) is 5.69 Å². The second-order valence-corrected chi connectivity index (χ2v) is 5.01. The number of amides is 1. The quantitative estimate of drug-likeness (QED) is 0.715. The highest BCUT2D eigenvalue weighted by Gasteiger charge is 2.27. The number of rotatable bonds is 7. The summed E-state index contributed by atoms with van der Waals surface area (Å²) in [6.07, 6.45) is 4.60. The molecule has 0 aliphatic carbocycles. The monoisotopic (exact) mass is 252 g/mol. The van der Waals surface area contributed by atoms with E-state index in [1.807, 2.05) is 20.2 Å². The van der Waals surface area contributed by atoms with Crippen LogP contribution in [0.15, 0.2) is 6.33 Å². The number of hydrogen-bond donors (Lipinski definition) is 2. The van der Waals surface area contributed by atoms with Crippen LogP contribution < -0.4 is 11.1 Å². The van der Waals surface area contributed by atoms with Crippen LogP contribution in [0.3, 0.4) is 0 Å². The third kappa shape index (κ3) is 3.32. The van der Waals surface area contributed by atoms with Crippen LogP contribution in [0.25, 0.3) is 0 Å². The number of aryl methyl sites for hydroxylation is 2. The number of nitrogens with two attached hydrogens (primary N) is 1. The number of imidazole rings is 1. The molecule has 3 N–H and O–H groups in total.